The van der Waals surface area contributed by atoms with E-state index in [-0.39, 0.29) is 34.9 Å². The quantitative estimate of drug-likeness (QED) is 0.864. The summed E-state index contributed by atoms with van der Waals surface area (Å²) in [6.45, 7) is 4.11. The zero-order valence-corrected chi connectivity index (χ0v) is 14.1. The highest BCUT2D eigenvalue weighted by Crippen LogP contribution is 2.25. The van der Waals surface area contributed by atoms with E-state index in [0.29, 0.717) is 5.56 Å². The number of nitrogens with two attached hydrogens (primary N) is 1. The number of aromatic nitrogens is 2. The second-order valence-corrected chi connectivity index (χ2v) is 7.18. The Balaban J connectivity index is 0.00000220. The first-order valence-electron chi connectivity index (χ1n) is 6.08. The van der Waals surface area contributed by atoms with Crippen molar-refractivity contribution in [2.24, 2.45) is 5.73 Å². The molecule has 2 rings (SSSR count). The van der Waals surface area contributed by atoms with Crippen molar-refractivity contribution in [2.45, 2.75) is 31.2 Å². The van der Waals surface area contributed by atoms with Gasteiger partial charge in [0.2, 0.25) is 5.13 Å². The van der Waals surface area contributed by atoms with Crippen LogP contribution in [0.1, 0.15) is 30.3 Å². The van der Waals surface area contributed by atoms with Crippen molar-refractivity contribution in [1.29, 1.82) is 0 Å². The van der Waals surface area contributed by atoms with Crippen LogP contribution < -0.4 is 10.5 Å². The summed E-state index contributed by atoms with van der Waals surface area (Å²) in [4.78, 5) is 0.170. The molecule has 0 saturated carbocycles. The smallest absolute Gasteiger partial charge is 0.264 e. The van der Waals surface area contributed by atoms with Gasteiger partial charge in [-0.15, -0.1) is 22.6 Å². The molecule has 0 aliphatic carbocycles. The van der Waals surface area contributed by atoms with Crippen molar-refractivity contribution in [3.05, 3.63) is 34.8 Å². The fourth-order valence-corrected chi connectivity index (χ4v) is 3.84. The molecule has 1 aromatic carbocycles. The summed E-state index contributed by atoms with van der Waals surface area (Å²) in [6.07, 6.45) is 0. The number of sulfonamides is 1. The molecule has 0 aliphatic rings. The van der Waals surface area contributed by atoms with E-state index >= 15 is 0 Å². The van der Waals surface area contributed by atoms with Gasteiger partial charge >= 0.3 is 0 Å². The molecule has 0 unspecified atom stereocenters. The molecule has 0 saturated heterocycles. The van der Waals surface area contributed by atoms with Gasteiger partial charge in [-0.05, 0) is 11.6 Å². The average molecular weight is 349 g/mol. The lowest BCUT2D eigenvalue weighted by molar-refractivity contribution is 0.600. The second kappa shape index (κ2) is 7.17. The average Bonchev–Trinajstić information content (AvgIpc) is 2.86. The Hall–Kier alpha value is -1.22. The van der Waals surface area contributed by atoms with Crippen LogP contribution in [-0.4, -0.2) is 18.6 Å². The maximum absolute atomic E-state index is 12.3. The minimum Gasteiger partial charge on any atom is -0.326 e. The van der Waals surface area contributed by atoms with Gasteiger partial charge in [-0.2, -0.15) is 0 Å². The molecular formula is C12H17ClN4O2S2. The number of rotatable bonds is 5. The third kappa shape index (κ3) is 4.13. The van der Waals surface area contributed by atoms with E-state index in [1.165, 1.54) is 17.4 Å². The number of benzene rings is 1. The summed E-state index contributed by atoms with van der Waals surface area (Å²) in [5.74, 6) is 0.210. The van der Waals surface area contributed by atoms with E-state index < -0.39 is 10.0 Å². The molecule has 0 amide bonds. The Morgan fingerprint density at radius 2 is 1.95 bits per heavy atom. The molecule has 3 N–H and O–H groups in total. The highest BCUT2D eigenvalue weighted by molar-refractivity contribution is 7.93. The third-order valence-electron chi connectivity index (χ3n) is 2.64. The molecule has 0 bridgehead atoms. The van der Waals surface area contributed by atoms with E-state index in [1.807, 2.05) is 13.8 Å². The Bertz CT molecular complexity index is 701. The molecule has 6 nitrogen and oxygen atoms in total. The molecule has 1 heterocycles. The minimum absolute atomic E-state index is 0. The number of hydrogen-bond donors (Lipinski definition) is 2. The molecule has 116 valence electrons. The molecular weight excluding hydrogens is 332 g/mol. The molecule has 2 aromatic rings. The molecule has 0 fully saturated rings. The minimum atomic E-state index is -3.69. The van der Waals surface area contributed by atoms with Crippen molar-refractivity contribution in [2.75, 3.05) is 4.72 Å². The molecule has 0 radical (unpaired) electrons. The summed E-state index contributed by atoms with van der Waals surface area (Å²) < 4.78 is 27.1. The lowest BCUT2D eigenvalue weighted by atomic mass is 10.2. The van der Waals surface area contributed by atoms with Crippen LogP contribution in [0.4, 0.5) is 5.13 Å². The molecule has 0 spiro atoms. The van der Waals surface area contributed by atoms with Crippen LogP contribution in [0.25, 0.3) is 0 Å². The van der Waals surface area contributed by atoms with Gasteiger partial charge in [0.05, 0.1) is 4.90 Å². The Labute approximate surface area is 134 Å². The summed E-state index contributed by atoms with van der Waals surface area (Å²) in [5.41, 5.74) is 6.13. The molecule has 1 aromatic heterocycles. The lowest BCUT2D eigenvalue weighted by Gasteiger charge is -2.08. The highest BCUT2D eigenvalue weighted by Gasteiger charge is 2.20. The maximum Gasteiger partial charge on any atom is 0.264 e. The molecule has 9 heteroatoms. The van der Waals surface area contributed by atoms with Gasteiger partial charge in [0.15, 0.2) is 0 Å². The van der Waals surface area contributed by atoms with Crippen molar-refractivity contribution in [1.82, 2.24) is 10.2 Å². The Morgan fingerprint density at radius 3 is 2.52 bits per heavy atom. The Morgan fingerprint density at radius 1 is 1.29 bits per heavy atom. The van der Waals surface area contributed by atoms with Crippen molar-refractivity contribution in [3.63, 3.8) is 0 Å². The monoisotopic (exact) mass is 348 g/mol. The van der Waals surface area contributed by atoms with Crippen LogP contribution in [0.3, 0.4) is 0 Å². The van der Waals surface area contributed by atoms with E-state index in [9.17, 15) is 8.42 Å². The lowest BCUT2D eigenvalue weighted by Crippen LogP contribution is -2.16. The molecule has 0 atom stereocenters. The van der Waals surface area contributed by atoms with Gasteiger partial charge in [-0.25, -0.2) is 8.42 Å². The first kappa shape index (κ1) is 17.8. The topological polar surface area (TPSA) is 98.0 Å². The normalized spacial score (nSPS) is 11.2. The summed E-state index contributed by atoms with van der Waals surface area (Å²) >= 11 is 1.23. The first-order valence-corrected chi connectivity index (χ1v) is 8.38. The zero-order chi connectivity index (χ0) is 14.8. The highest BCUT2D eigenvalue weighted by atomic mass is 35.5. The van der Waals surface area contributed by atoms with Crippen LogP contribution in [0.2, 0.25) is 0 Å². The Kier molecular flexibility index (Phi) is 6.09. The third-order valence-corrected chi connectivity index (χ3v) is 5.35. The zero-order valence-electron chi connectivity index (χ0n) is 11.6. The van der Waals surface area contributed by atoms with Crippen molar-refractivity contribution < 1.29 is 8.42 Å². The molecule has 0 aliphatic heterocycles. The fraction of sp³-hybridized carbons (Fsp3) is 0.333. The predicted molar refractivity (Wildman–Crippen MR) is 86.4 cm³/mol. The van der Waals surface area contributed by atoms with E-state index in [2.05, 4.69) is 14.9 Å². The van der Waals surface area contributed by atoms with E-state index in [0.717, 1.165) is 5.01 Å². The van der Waals surface area contributed by atoms with Gasteiger partial charge < -0.3 is 5.73 Å². The number of nitrogens with one attached hydrogen (secondary N) is 1. The van der Waals surface area contributed by atoms with Crippen LogP contribution in [0.5, 0.6) is 0 Å². The summed E-state index contributed by atoms with van der Waals surface area (Å²) in [6, 6.07) is 6.62. The van der Waals surface area contributed by atoms with Gasteiger partial charge in [0.1, 0.15) is 5.01 Å². The van der Waals surface area contributed by atoms with Gasteiger partial charge in [0.25, 0.3) is 10.0 Å². The molecule has 21 heavy (non-hydrogen) atoms. The standard InChI is InChI=1S/C12H16N4O2S2.ClH/c1-8(2)11-14-15-12(19-11)16-20(17,18)10-6-4-3-5-9(10)7-13;/h3-6,8H,7,13H2,1-2H3,(H,15,16);1H. The van der Waals surface area contributed by atoms with Crippen molar-refractivity contribution >= 4 is 38.9 Å². The number of nitrogens with zero attached hydrogens (tertiary/aromatic N) is 2. The van der Waals surface area contributed by atoms with Crippen molar-refractivity contribution in [3.8, 4) is 0 Å². The second-order valence-electron chi connectivity index (χ2n) is 4.52. The predicted octanol–water partition coefficient (Wildman–Crippen LogP) is 2.34. The SMILES string of the molecule is CC(C)c1nnc(NS(=O)(=O)c2ccccc2CN)s1.Cl. The summed E-state index contributed by atoms with van der Waals surface area (Å²) in [5, 5.41) is 8.85. The van der Waals surface area contributed by atoms with Crippen LogP contribution in [0, 0.1) is 0 Å². The number of anilines is 1. The van der Waals surface area contributed by atoms with Gasteiger partial charge in [0, 0.05) is 12.5 Å². The largest absolute Gasteiger partial charge is 0.326 e. The number of hydrogen-bond acceptors (Lipinski definition) is 6. The van der Waals surface area contributed by atoms with E-state index in [4.69, 9.17) is 5.73 Å². The van der Waals surface area contributed by atoms with Crippen LogP contribution in [-0.2, 0) is 16.6 Å². The summed E-state index contributed by atoms with van der Waals surface area (Å²) in [7, 11) is -3.69. The van der Waals surface area contributed by atoms with Gasteiger partial charge in [-0.1, -0.05) is 43.4 Å². The maximum atomic E-state index is 12.3. The fourth-order valence-electron chi connectivity index (χ4n) is 1.61. The first-order chi connectivity index (χ1) is 9.44. The van der Waals surface area contributed by atoms with E-state index in [1.54, 1.807) is 18.2 Å². The number of halogens is 1. The van der Waals surface area contributed by atoms with Gasteiger partial charge in [-0.3, -0.25) is 4.72 Å². The van der Waals surface area contributed by atoms with Crippen LogP contribution >= 0.6 is 23.7 Å². The van der Waals surface area contributed by atoms with Crippen LogP contribution in [0.15, 0.2) is 29.2 Å².